The molecule has 0 saturated carbocycles. The Hall–Kier alpha value is -1.36. The topological polar surface area (TPSA) is 34.6 Å². The van der Waals surface area contributed by atoms with Gasteiger partial charge >= 0.3 is 0 Å². The van der Waals surface area contributed by atoms with Gasteiger partial charge in [-0.25, -0.2) is 4.98 Å². The molecule has 1 aliphatic rings. The molecule has 2 aromatic rings. The van der Waals surface area contributed by atoms with E-state index < -0.39 is 0 Å². The second kappa shape index (κ2) is 7.27. The molecule has 0 radical (unpaired) electrons. The smallest absolute Gasteiger partial charge is 0.139 e. The molecule has 1 aromatic carbocycles. The SMILES string of the molecule is COCCOC1CCN(c2cc3ccccc3c(Cl)n2)CC1. The molecule has 2 heterocycles. The number of halogens is 1. The summed E-state index contributed by atoms with van der Waals surface area (Å²) >= 11 is 6.32. The van der Waals surface area contributed by atoms with Crippen molar-refractivity contribution >= 4 is 28.2 Å². The van der Waals surface area contributed by atoms with Gasteiger partial charge in [-0.1, -0.05) is 35.9 Å². The van der Waals surface area contributed by atoms with E-state index in [0.29, 0.717) is 24.5 Å². The lowest BCUT2D eigenvalue weighted by molar-refractivity contribution is 0.00605. The summed E-state index contributed by atoms with van der Waals surface area (Å²) in [6.07, 6.45) is 2.34. The fourth-order valence-corrected chi connectivity index (χ4v) is 3.11. The Balaban J connectivity index is 1.66. The molecular weight excluding hydrogens is 300 g/mol. The van der Waals surface area contributed by atoms with Gasteiger partial charge in [0, 0.05) is 25.6 Å². The molecule has 1 fully saturated rings. The Labute approximate surface area is 136 Å². The van der Waals surface area contributed by atoms with Crippen LogP contribution < -0.4 is 4.90 Å². The molecule has 22 heavy (non-hydrogen) atoms. The molecule has 0 N–H and O–H groups in total. The minimum atomic E-state index is 0.322. The monoisotopic (exact) mass is 320 g/mol. The van der Waals surface area contributed by atoms with E-state index in [2.05, 4.69) is 22.0 Å². The van der Waals surface area contributed by atoms with E-state index in [4.69, 9.17) is 21.1 Å². The van der Waals surface area contributed by atoms with Crippen LogP contribution in [-0.2, 0) is 9.47 Å². The highest BCUT2D eigenvalue weighted by Gasteiger charge is 2.21. The Kier molecular flexibility index (Phi) is 5.13. The van der Waals surface area contributed by atoms with E-state index >= 15 is 0 Å². The third-order valence-corrected chi connectivity index (χ3v) is 4.38. The number of hydrogen-bond donors (Lipinski definition) is 0. The molecule has 118 valence electrons. The van der Waals surface area contributed by atoms with Crippen molar-refractivity contribution in [3.05, 3.63) is 35.5 Å². The summed E-state index contributed by atoms with van der Waals surface area (Å²) < 4.78 is 10.8. The zero-order chi connectivity index (χ0) is 15.4. The van der Waals surface area contributed by atoms with Gasteiger partial charge in [0.15, 0.2) is 0 Å². The fraction of sp³-hybridized carbons (Fsp3) is 0.471. The largest absolute Gasteiger partial charge is 0.382 e. The summed E-state index contributed by atoms with van der Waals surface area (Å²) in [7, 11) is 1.70. The van der Waals surface area contributed by atoms with E-state index in [1.54, 1.807) is 7.11 Å². The molecule has 1 saturated heterocycles. The first-order valence-electron chi connectivity index (χ1n) is 7.68. The van der Waals surface area contributed by atoms with Gasteiger partial charge in [0.1, 0.15) is 11.0 Å². The summed E-state index contributed by atoms with van der Waals surface area (Å²) in [6, 6.07) is 10.2. The molecule has 0 bridgehead atoms. The second-order valence-electron chi connectivity index (χ2n) is 5.54. The van der Waals surface area contributed by atoms with E-state index in [1.165, 1.54) is 0 Å². The van der Waals surface area contributed by atoms with E-state index in [1.807, 2.05) is 18.2 Å². The first-order chi connectivity index (χ1) is 10.8. The average molecular weight is 321 g/mol. The third-order valence-electron chi connectivity index (χ3n) is 4.09. The predicted molar refractivity (Wildman–Crippen MR) is 89.8 cm³/mol. The zero-order valence-corrected chi connectivity index (χ0v) is 13.6. The minimum Gasteiger partial charge on any atom is -0.382 e. The third kappa shape index (κ3) is 3.51. The molecule has 0 atom stereocenters. The predicted octanol–water partition coefficient (Wildman–Crippen LogP) is 3.52. The molecule has 5 heteroatoms. The standard InChI is InChI=1S/C17H21ClN2O2/c1-21-10-11-22-14-6-8-20(9-7-14)16-12-13-4-2-3-5-15(13)17(18)19-16/h2-5,12,14H,6-11H2,1H3. The first-order valence-corrected chi connectivity index (χ1v) is 8.06. The second-order valence-corrected chi connectivity index (χ2v) is 5.90. The van der Waals surface area contributed by atoms with Crippen LogP contribution in [0.5, 0.6) is 0 Å². The van der Waals surface area contributed by atoms with Crippen LogP contribution in [0, 0.1) is 0 Å². The molecule has 1 aromatic heterocycles. The molecule has 0 spiro atoms. The molecule has 0 unspecified atom stereocenters. The fourth-order valence-electron chi connectivity index (χ4n) is 2.85. The van der Waals surface area contributed by atoms with Crippen LogP contribution in [0.15, 0.2) is 30.3 Å². The van der Waals surface area contributed by atoms with Gasteiger partial charge in [-0.15, -0.1) is 0 Å². The van der Waals surface area contributed by atoms with Crippen molar-refractivity contribution in [2.75, 3.05) is 38.3 Å². The minimum absolute atomic E-state index is 0.322. The van der Waals surface area contributed by atoms with Crippen LogP contribution in [0.2, 0.25) is 5.15 Å². The number of anilines is 1. The van der Waals surface area contributed by atoms with Crippen molar-refractivity contribution < 1.29 is 9.47 Å². The number of aromatic nitrogens is 1. The first kappa shape index (κ1) is 15.5. The maximum absolute atomic E-state index is 6.32. The number of fused-ring (bicyclic) bond motifs is 1. The van der Waals surface area contributed by atoms with Gasteiger partial charge in [-0.05, 0) is 24.3 Å². The lowest BCUT2D eigenvalue weighted by Gasteiger charge is -2.33. The van der Waals surface area contributed by atoms with Crippen molar-refractivity contribution in [3.63, 3.8) is 0 Å². The normalized spacial score (nSPS) is 16.4. The Morgan fingerprint density at radius 1 is 1.23 bits per heavy atom. The quantitative estimate of drug-likeness (QED) is 0.623. The number of methoxy groups -OCH3 is 1. The number of hydrogen-bond acceptors (Lipinski definition) is 4. The van der Waals surface area contributed by atoms with Crippen LogP contribution in [-0.4, -0.2) is 44.5 Å². The van der Waals surface area contributed by atoms with Crippen LogP contribution in [0.1, 0.15) is 12.8 Å². The highest BCUT2D eigenvalue weighted by atomic mass is 35.5. The maximum Gasteiger partial charge on any atom is 0.139 e. The van der Waals surface area contributed by atoms with Gasteiger partial charge in [-0.2, -0.15) is 0 Å². The molecular formula is C17H21ClN2O2. The van der Waals surface area contributed by atoms with Crippen molar-refractivity contribution in [2.45, 2.75) is 18.9 Å². The van der Waals surface area contributed by atoms with Crippen molar-refractivity contribution in [1.29, 1.82) is 0 Å². The van der Waals surface area contributed by atoms with Gasteiger partial charge in [0.25, 0.3) is 0 Å². The summed E-state index contributed by atoms with van der Waals surface area (Å²) in [5, 5.41) is 2.72. The van der Waals surface area contributed by atoms with Gasteiger partial charge < -0.3 is 14.4 Å². The lowest BCUT2D eigenvalue weighted by Crippen LogP contribution is -2.37. The number of ether oxygens (including phenoxy) is 2. The number of piperidine rings is 1. The van der Waals surface area contributed by atoms with Crippen molar-refractivity contribution in [1.82, 2.24) is 4.98 Å². The van der Waals surface area contributed by atoms with Crippen LogP contribution in [0.25, 0.3) is 10.8 Å². The number of nitrogens with zero attached hydrogens (tertiary/aromatic N) is 2. The van der Waals surface area contributed by atoms with Crippen LogP contribution in [0.3, 0.4) is 0 Å². The van der Waals surface area contributed by atoms with Crippen molar-refractivity contribution in [2.24, 2.45) is 0 Å². The highest BCUT2D eigenvalue weighted by Crippen LogP contribution is 2.28. The Bertz CT molecular complexity index is 627. The van der Waals surface area contributed by atoms with Gasteiger partial charge in [0.2, 0.25) is 0 Å². The number of benzene rings is 1. The van der Waals surface area contributed by atoms with E-state index in [0.717, 1.165) is 42.5 Å². The van der Waals surface area contributed by atoms with E-state index in [-0.39, 0.29) is 0 Å². The van der Waals surface area contributed by atoms with Gasteiger partial charge in [0.05, 0.1) is 19.3 Å². The molecule has 4 nitrogen and oxygen atoms in total. The average Bonchev–Trinajstić information content (AvgIpc) is 2.56. The molecule has 1 aliphatic heterocycles. The van der Waals surface area contributed by atoms with Gasteiger partial charge in [-0.3, -0.25) is 0 Å². The van der Waals surface area contributed by atoms with E-state index in [9.17, 15) is 0 Å². The zero-order valence-electron chi connectivity index (χ0n) is 12.8. The molecule has 0 amide bonds. The summed E-state index contributed by atoms with van der Waals surface area (Å²) in [4.78, 5) is 6.84. The summed E-state index contributed by atoms with van der Waals surface area (Å²) in [6.45, 7) is 3.21. The van der Waals surface area contributed by atoms with Crippen molar-refractivity contribution in [3.8, 4) is 0 Å². The Morgan fingerprint density at radius 3 is 2.77 bits per heavy atom. The van der Waals surface area contributed by atoms with Crippen LogP contribution in [0.4, 0.5) is 5.82 Å². The summed E-state index contributed by atoms with van der Waals surface area (Å²) in [5.74, 6) is 0.957. The number of rotatable bonds is 5. The summed E-state index contributed by atoms with van der Waals surface area (Å²) in [5.41, 5.74) is 0. The number of pyridine rings is 1. The molecule has 0 aliphatic carbocycles. The highest BCUT2D eigenvalue weighted by molar-refractivity contribution is 6.34. The maximum atomic E-state index is 6.32. The molecule has 3 rings (SSSR count). The lowest BCUT2D eigenvalue weighted by atomic mass is 10.1. The Morgan fingerprint density at radius 2 is 2.00 bits per heavy atom. The van der Waals surface area contributed by atoms with Crippen LogP contribution >= 0.6 is 11.6 Å².